The maximum absolute atomic E-state index is 5.91. The molecule has 6 nitrogen and oxygen atoms in total. The van der Waals surface area contributed by atoms with Crippen LogP contribution >= 0.6 is 0 Å². The lowest BCUT2D eigenvalue weighted by molar-refractivity contribution is -0.0301. The van der Waals surface area contributed by atoms with Gasteiger partial charge in [0.25, 0.3) is 0 Å². The number of ether oxygens (including phenoxy) is 1. The second-order valence-electron chi connectivity index (χ2n) is 6.77. The van der Waals surface area contributed by atoms with Gasteiger partial charge in [-0.25, -0.2) is 0 Å². The van der Waals surface area contributed by atoms with Gasteiger partial charge in [-0.05, 0) is 25.0 Å². The van der Waals surface area contributed by atoms with Gasteiger partial charge in [0.15, 0.2) is 0 Å². The fraction of sp³-hybridized carbons (Fsp3) is 0.556. The Morgan fingerprint density at radius 1 is 1.38 bits per heavy atom. The van der Waals surface area contributed by atoms with Crippen molar-refractivity contribution in [1.82, 2.24) is 25.0 Å². The predicted octanol–water partition coefficient (Wildman–Crippen LogP) is 1.43. The molecule has 128 valence electrons. The van der Waals surface area contributed by atoms with Gasteiger partial charge >= 0.3 is 0 Å². The molecule has 0 aromatic carbocycles. The summed E-state index contributed by atoms with van der Waals surface area (Å²) in [6.07, 6.45) is 8.75. The van der Waals surface area contributed by atoms with Crippen LogP contribution in [0.2, 0.25) is 0 Å². The Kier molecular flexibility index (Phi) is 4.60. The number of morpholine rings is 1. The van der Waals surface area contributed by atoms with Crippen LogP contribution in [0, 0.1) is 0 Å². The molecule has 1 unspecified atom stereocenters. The molecule has 3 heterocycles. The molecule has 2 aromatic heterocycles. The molecular formula is C18H25N5O. The lowest BCUT2D eigenvalue weighted by atomic mass is 10.1. The highest BCUT2D eigenvalue weighted by atomic mass is 16.5. The van der Waals surface area contributed by atoms with E-state index in [2.05, 4.69) is 32.6 Å². The minimum absolute atomic E-state index is 0.290. The van der Waals surface area contributed by atoms with E-state index in [1.165, 1.54) is 18.4 Å². The normalized spacial score (nSPS) is 22.0. The third kappa shape index (κ3) is 3.66. The van der Waals surface area contributed by atoms with E-state index in [4.69, 9.17) is 4.74 Å². The summed E-state index contributed by atoms with van der Waals surface area (Å²) < 4.78 is 7.78. The molecular weight excluding hydrogens is 302 g/mol. The van der Waals surface area contributed by atoms with Crippen molar-refractivity contribution >= 4 is 0 Å². The third-order valence-electron chi connectivity index (χ3n) is 4.76. The first-order chi connectivity index (χ1) is 11.8. The number of hydrogen-bond acceptors (Lipinski definition) is 5. The summed E-state index contributed by atoms with van der Waals surface area (Å²) in [7, 11) is 1.96. The van der Waals surface area contributed by atoms with Crippen molar-refractivity contribution in [3.8, 4) is 11.3 Å². The van der Waals surface area contributed by atoms with Crippen molar-refractivity contribution in [1.29, 1.82) is 0 Å². The summed E-state index contributed by atoms with van der Waals surface area (Å²) in [4.78, 5) is 6.78. The fourth-order valence-electron chi connectivity index (χ4n) is 3.42. The van der Waals surface area contributed by atoms with Crippen molar-refractivity contribution in [2.24, 2.45) is 7.05 Å². The van der Waals surface area contributed by atoms with Crippen LogP contribution in [0.3, 0.4) is 0 Å². The second kappa shape index (κ2) is 7.01. The van der Waals surface area contributed by atoms with Gasteiger partial charge < -0.3 is 10.1 Å². The summed E-state index contributed by atoms with van der Waals surface area (Å²) in [6, 6.07) is 4.83. The number of nitrogens with one attached hydrogen (secondary N) is 1. The zero-order valence-electron chi connectivity index (χ0n) is 14.2. The largest absolute Gasteiger partial charge is 0.374 e. The molecule has 1 aliphatic heterocycles. The maximum Gasteiger partial charge on any atom is 0.0983 e. The van der Waals surface area contributed by atoms with Crippen LogP contribution in [0.4, 0.5) is 0 Å². The monoisotopic (exact) mass is 327 g/mol. The van der Waals surface area contributed by atoms with Crippen molar-refractivity contribution in [3.63, 3.8) is 0 Å². The van der Waals surface area contributed by atoms with Gasteiger partial charge in [-0.15, -0.1) is 0 Å². The highest BCUT2D eigenvalue weighted by molar-refractivity contribution is 5.61. The highest BCUT2D eigenvalue weighted by Crippen LogP contribution is 2.28. The molecule has 1 atom stereocenters. The molecule has 0 radical (unpaired) electrons. The molecule has 2 aromatic rings. The van der Waals surface area contributed by atoms with E-state index in [9.17, 15) is 0 Å². The van der Waals surface area contributed by atoms with Crippen LogP contribution < -0.4 is 5.32 Å². The highest BCUT2D eigenvalue weighted by Gasteiger charge is 2.32. The number of hydrogen-bond donors (Lipinski definition) is 1. The Morgan fingerprint density at radius 3 is 3.08 bits per heavy atom. The van der Waals surface area contributed by atoms with Crippen molar-refractivity contribution < 1.29 is 4.74 Å². The van der Waals surface area contributed by atoms with Gasteiger partial charge in [0, 0.05) is 69.0 Å². The molecule has 2 fully saturated rings. The van der Waals surface area contributed by atoms with Gasteiger partial charge in [-0.2, -0.15) is 5.10 Å². The van der Waals surface area contributed by atoms with E-state index >= 15 is 0 Å². The summed E-state index contributed by atoms with van der Waals surface area (Å²) >= 11 is 0. The summed E-state index contributed by atoms with van der Waals surface area (Å²) in [5, 5.41) is 8.14. The number of pyridine rings is 1. The molecule has 0 amide bonds. The van der Waals surface area contributed by atoms with E-state index in [1.54, 1.807) is 6.20 Å². The van der Waals surface area contributed by atoms with E-state index < -0.39 is 0 Å². The number of nitrogens with zero attached hydrogens (tertiary/aromatic N) is 4. The Morgan fingerprint density at radius 2 is 2.29 bits per heavy atom. The zero-order chi connectivity index (χ0) is 16.4. The molecule has 1 saturated heterocycles. The van der Waals surface area contributed by atoms with E-state index in [-0.39, 0.29) is 6.10 Å². The first kappa shape index (κ1) is 15.7. The minimum atomic E-state index is 0.290. The van der Waals surface area contributed by atoms with Crippen molar-refractivity contribution in [3.05, 3.63) is 36.3 Å². The third-order valence-corrected chi connectivity index (χ3v) is 4.76. The number of rotatable bonds is 6. The number of aryl methyl sites for hydroxylation is 1. The van der Waals surface area contributed by atoms with Gasteiger partial charge in [0.2, 0.25) is 0 Å². The van der Waals surface area contributed by atoms with E-state index in [0.29, 0.717) is 0 Å². The zero-order valence-corrected chi connectivity index (χ0v) is 14.2. The average Bonchev–Trinajstić information content (AvgIpc) is 3.39. The molecule has 0 bridgehead atoms. The fourth-order valence-corrected chi connectivity index (χ4v) is 3.42. The topological polar surface area (TPSA) is 55.2 Å². The standard InChI is InChI=1S/C18H25N5O/c1-22-12-15(18(21-22)14-3-2-6-19-9-14)10-20-11-17-13-23(7-8-24-17)16-4-5-16/h2-3,6,9,12,16-17,20H,4-5,7-8,10-11,13H2,1H3. The van der Waals surface area contributed by atoms with Gasteiger partial charge in [0.05, 0.1) is 18.4 Å². The molecule has 24 heavy (non-hydrogen) atoms. The Bertz CT molecular complexity index is 667. The van der Waals surface area contributed by atoms with Crippen LogP contribution in [0.1, 0.15) is 18.4 Å². The van der Waals surface area contributed by atoms with Crippen LogP contribution in [0.15, 0.2) is 30.7 Å². The average molecular weight is 327 g/mol. The smallest absolute Gasteiger partial charge is 0.0983 e. The van der Waals surface area contributed by atoms with Crippen LogP contribution in [0.5, 0.6) is 0 Å². The predicted molar refractivity (Wildman–Crippen MR) is 92.5 cm³/mol. The molecule has 4 rings (SSSR count). The van der Waals surface area contributed by atoms with Crippen molar-refractivity contribution in [2.45, 2.75) is 31.5 Å². The van der Waals surface area contributed by atoms with Gasteiger partial charge in [-0.3, -0.25) is 14.6 Å². The molecule has 1 aliphatic carbocycles. The molecule has 2 aliphatic rings. The quantitative estimate of drug-likeness (QED) is 0.870. The van der Waals surface area contributed by atoms with Gasteiger partial charge in [0.1, 0.15) is 0 Å². The molecule has 1 saturated carbocycles. The van der Waals surface area contributed by atoms with Crippen LogP contribution in [-0.4, -0.2) is 58.1 Å². The lowest BCUT2D eigenvalue weighted by Gasteiger charge is -2.33. The Hall–Kier alpha value is -1.76. The Balaban J connectivity index is 1.34. The van der Waals surface area contributed by atoms with E-state index in [0.717, 1.165) is 50.1 Å². The van der Waals surface area contributed by atoms with Crippen LogP contribution in [-0.2, 0) is 18.3 Å². The van der Waals surface area contributed by atoms with Crippen LogP contribution in [0.25, 0.3) is 11.3 Å². The second-order valence-corrected chi connectivity index (χ2v) is 6.77. The summed E-state index contributed by atoms with van der Waals surface area (Å²) in [5.41, 5.74) is 3.26. The molecule has 1 N–H and O–H groups in total. The van der Waals surface area contributed by atoms with Crippen molar-refractivity contribution in [2.75, 3.05) is 26.2 Å². The first-order valence-electron chi connectivity index (χ1n) is 8.79. The number of aromatic nitrogens is 3. The maximum atomic E-state index is 5.91. The Labute approximate surface area is 142 Å². The van der Waals surface area contributed by atoms with Gasteiger partial charge in [-0.1, -0.05) is 0 Å². The lowest BCUT2D eigenvalue weighted by Crippen LogP contribution is -2.47. The molecule has 6 heteroatoms. The summed E-state index contributed by atoms with van der Waals surface area (Å²) in [6.45, 7) is 4.68. The van der Waals surface area contributed by atoms with E-state index in [1.807, 2.05) is 24.0 Å². The minimum Gasteiger partial charge on any atom is -0.374 e. The SMILES string of the molecule is Cn1cc(CNCC2CN(C3CC3)CCO2)c(-c2cccnc2)n1. The summed E-state index contributed by atoms with van der Waals surface area (Å²) in [5.74, 6) is 0. The first-order valence-corrected chi connectivity index (χ1v) is 8.79. The molecule has 0 spiro atoms.